The van der Waals surface area contributed by atoms with E-state index in [0.29, 0.717) is 49.4 Å². The summed E-state index contributed by atoms with van der Waals surface area (Å²) in [6, 6.07) is 0. The molecule has 0 heterocycles. The molecule has 0 saturated heterocycles. The summed E-state index contributed by atoms with van der Waals surface area (Å²) < 4.78 is 0. The zero-order chi connectivity index (χ0) is 21.6. The molecule has 0 bridgehead atoms. The number of nitrogens with one attached hydrogen (secondary N) is 1. The molecule has 6 nitrogen and oxygen atoms in total. The summed E-state index contributed by atoms with van der Waals surface area (Å²) in [5.41, 5.74) is -0.335. The van der Waals surface area contributed by atoms with Crippen LogP contribution in [-0.2, 0) is 9.63 Å². The van der Waals surface area contributed by atoms with E-state index in [1.54, 1.807) is 0 Å². The van der Waals surface area contributed by atoms with Crippen molar-refractivity contribution in [2.45, 2.75) is 77.2 Å². The lowest BCUT2D eigenvalue weighted by atomic mass is 9.42. The molecule has 4 aliphatic carbocycles. The van der Waals surface area contributed by atoms with Crippen LogP contribution in [-0.4, -0.2) is 54.1 Å². The Kier molecular flexibility index (Phi) is 6.06. The van der Waals surface area contributed by atoms with Crippen LogP contribution in [0.2, 0.25) is 0 Å². The maximum atomic E-state index is 12.7. The summed E-state index contributed by atoms with van der Waals surface area (Å²) in [6.07, 6.45) is 7.76. The third-order valence-corrected chi connectivity index (χ3v) is 9.55. The molecule has 0 aromatic rings. The molecule has 0 aromatic heterocycles. The van der Waals surface area contributed by atoms with Crippen LogP contribution in [0.25, 0.3) is 0 Å². The molecule has 170 valence electrons. The van der Waals surface area contributed by atoms with Crippen molar-refractivity contribution in [2.24, 2.45) is 39.7 Å². The van der Waals surface area contributed by atoms with E-state index in [1.807, 2.05) is 7.05 Å². The van der Waals surface area contributed by atoms with E-state index in [9.17, 15) is 15.0 Å². The zero-order valence-electron chi connectivity index (χ0n) is 19.0. The molecule has 3 N–H and O–H groups in total. The van der Waals surface area contributed by atoms with E-state index in [4.69, 9.17) is 4.84 Å². The van der Waals surface area contributed by atoms with Crippen molar-refractivity contribution in [3.8, 4) is 0 Å². The summed E-state index contributed by atoms with van der Waals surface area (Å²) >= 11 is 0. The molecule has 1 unspecified atom stereocenters. The minimum absolute atomic E-state index is 0.00822. The third-order valence-electron chi connectivity index (χ3n) is 9.55. The van der Waals surface area contributed by atoms with Crippen LogP contribution in [0.5, 0.6) is 0 Å². The van der Waals surface area contributed by atoms with Gasteiger partial charge in [0.2, 0.25) is 0 Å². The van der Waals surface area contributed by atoms with Gasteiger partial charge in [0.25, 0.3) is 0 Å². The van der Waals surface area contributed by atoms with E-state index in [-0.39, 0.29) is 23.4 Å². The zero-order valence-corrected chi connectivity index (χ0v) is 19.0. The molecule has 4 rings (SSSR count). The highest BCUT2D eigenvalue weighted by atomic mass is 16.6. The third kappa shape index (κ3) is 3.43. The second-order valence-corrected chi connectivity index (χ2v) is 11.0. The highest BCUT2D eigenvalue weighted by Gasteiger charge is 2.65. The maximum absolute atomic E-state index is 12.7. The average Bonchev–Trinajstić information content (AvgIpc) is 3.03. The number of aliphatic hydroxyl groups is 2. The first-order valence-corrected chi connectivity index (χ1v) is 12.0. The van der Waals surface area contributed by atoms with E-state index in [2.05, 4.69) is 24.3 Å². The van der Waals surface area contributed by atoms with Crippen molar-refractivity contribution in [2.75, 3.05) is 26.8 Å². The predicted molar refractivity (Wildman–Crippen MR) is 116 cm³/mol. The fraction of sp³-hybridized carbons (Fsp3) is 0.917. The average molecular weight is 421 g/mol. The summed E-state index contributed by atoms with van der Waals surface area (Å²) in [7, 11) is 1.93. The number of hydrogen-bond donors (Lipinski definition) is 3. The number of rotatable bonds is 6. The number of Topliss-reactive ketones (excluding diaryl/α,β-unsaturated/α-hetero) is 1. The van der Waals surface area contributed by atoms with Gasteiger partial charge in [0.15, 0.2) is 0 Å². The number of aliphatic hydroxyl groups excluding tert-OH is 1. The lowest BCUT2D eigenvalue weighted by Crippen LogP contribution is -2.64. The minimum Gasteiger partial charge on any atom is -0.396 e. The SMILES string of the molecule is CNCCCO/N=C1/CC[C@@]2(C)C(C1)[C@@](O)(CO)C[C@@H]1[C@@H]2CC[C@]2(C)C(=O)CC[C@@H]12. The molecule has 0 aliphatic heterocycles. The van der Waals surface area contributed by atoms with Gasteiger partial charge in [0, 0.05) is 17.8 Å². The Hall–Kier alpha value is -0.980. The molecule has 6 heteroatoms. The molecular weight excluding hydrogens is 380 g/mol. The van der Waals surface area contributed by atoms with E-state index < -0.39 is 5.60 Å². The molecule has 0 aromatic carbocycles. The van der Waals surface area contributed by atoms with Crippen LogP contribution in [0.4, 0.5) is 0 Å². The second kappa shape index (κ2) is 8.18. The molecule has 0 radical (unpaired) electrons. The molecular formula is C24H40N2O4. The van der Waals surface area contributed by atoms with Gasteiger partial charge in [-0.25, -0.2) is 0 Å². The standard InChI is InChI=1S/C24H40N2O4/c1-22-9-7-16(26-30-12-4-11-25-3)13-20(22)24(29,15-27)14-17-18-5-6-21(28)23(18,2)10-8-19(17)22/h17-20,25,27,29H,4-15H2,1-3H3/b26-16-/t17-,18-,19-,20?,22+,23-,24-/m0/s1. The Morgan fingerprint density at radius 3 is 2.73 bits per heavy atom. The fourth-order valence-electron chi connectivity index (χ4n) is 7.83. The fourth-order valence-corrected chi connectivity index (χ4v) is 7.83. The lowest BCUT2D eigenvalue weighted by molar-refractivity contribution is -0.206. The van der Waals surface area contributed by atoms with Crippen molar-refractivity contribution >= 4 is 11.5 Å². The summed E-state index contributed by atoms with van der Waals surface area (Å²) in [5.74, 6) is 1.59. The summed E-state index contributed by atoms with van der Waals surface area (Å²) in [4.78, 5) is 18.2. The van der Waals surface area contributed by atoms with Crippen LogP contribution < -0.4 is 5.32 Å². The van der Waals surface area contributed by atoms with Gasteiger partial charge in [-0.05, 0) is 88.1 Å². The Morgan fingerprint density at radius 2 is 2.00 bits per heavy atom. The number of nitrogens with zero attached hydrogens (tertiary/aromatic N) is 1. The van der Waals surface area contributed by atoms with Gasteiger partial charge in [-0.2, -0.15) is 0 Å². The van der Waals surface area contributed by atoms with Gasteiger partial charge in [0.05, 0.1) is 17.9 Å². The first-order valence-electron chi connectivity index (χ1n) is 12.0. The van der Waals surface area contributed by atoms with Crippen molar-refractivity contribution < 1.29 is 19.8 Å². The summed E-state index contributed by atoms with van der Waals surface area (Å²) in [5, 5.41) is 29.5. The topological polar surface area (TPSA) is 91.2 Å². The van der Waals surface area contributed by atoms with Gasteiger partial charge in [-0.15, -0.1) is 0 Å². The van der Waals surface area contributed by atoms with Crippen molar-refractivity contribution in [1.82, 2.24) is 5.32 Å². The number of oxime groups is 1. The maximum Gasteiger partial charge on any atom is 0.139 e. The number of hydrogen-bond acceptors (Lipinski definition) is 6. The number of carbonyl (C=O) groups excluding carboxylic acids is 1. The summed E-state index contributed by atoms with van der Waals surface area (Å²) in [6.45, 7) is 5.77. The van der Waals surface area contributed by atoms with Crippen molar-refractivity contribution in [3.63, 3.8) is 0 Å². The van der Waals surface area contributed by atoms with Crippen molar-refractivity contribution in [1.29, 1.82) is 0 Å². The Balaban J connectivity index is 1.55. The van der Waals surface area contributed by atoms with Gasteiger partial charge < -0.3 is 20.4 Å². The predicted octanol–water partition coefficient (Wildman–Crippen LogP) is 2.91. The van der Waals surface area contributed by atoms with Crippen LogP contribution in [0.3, 0.4) is 0 Å². The van der Waals surface area contributed by atoms with Gasteiger partial charge in [0.1, 0.15) is 12.4 Å². The van der Waals surface area contributed by atoms with Crippen LogP contribution in [0.1, 0.15) is 71.6 Å². The molecule has 4 saturated carbocycles. The Morgan fingerprint density at radius 1 is 1.20 bits per heavy atom. The Bertz CT molecular complexity index is 697. The molecule has 4 fully saturated rings. The van der Waals surface area contributed by atoms with E-state index in [0.717, 1.165) is 50.8 Å². The minimum atomic E-state index is -1.10. The van der Waals surface area contributed by atoms with Crippen LogP contribution >= 0.6 is 0 Å². The molecule has 7 atom stereocenters. The largest absolute Gasteiger partial charge is 0.396 e. The van der Waals surface area contributed by atoms with Gasteiger partial charge in [-0.1, -0.05) is 19.0 Å². The second-order valence-electron chi connectivity index (χ2n) is 11.0. The number of ketones is 1. The lowest BCUT2D eigenvalue weighted by Gasteiger charge is -2.63. The van der Waals surface area contributed by atoms with E-state index >= 15 is 0 Å². The number of carbonyl (C=O) groups is 1. The van der Waals surface area contributed by atoms with Crippen LogP contribution in [0, 0.1) is 34.5 Å². The Labute approximate surface area is 180 Å². The monoisotopic (exact) mass is 420 g/mol. The smallest absolute Gasteiger partial charge is 0.139 e. The molecule has 30 heavy (non-hydrogen) atoms. The van der Waals surface area contributed by atoms with Gasteiger partial charge in [-0.3, -0.25) is 4.79 Å². The highest BCUT2D eigenvalue weighted by Crippen LogP contribution is 2.67. The number of fused-ring (bicyclic) bond motifs is 5. The quantitative estimate of drug-likeness (QED) is 0.454. The highest BCUT2D eigenvalue weighted by molar-refractivity contribution is 5.87. The van der Waals surface area contributed by atoms with E-state index in [1.165, 1.54) is 0 Å². The van der Waals surface area contributed by atoms with Crippen LogP contribution in [0.15, 0.2) is 5.16 Å². The molecule has 0 spiro atoms. The normalized spacial score (nSPS) is 47.0. The molecule has 4 aliphatic rings. The first kappa shape index (κ1) is 22.2. The first-order chi connectivity index (χ1) is 14.3. The van der Waals surface area contributed by atoms with Gasteiger partial charge >= 0.3 is 0 Å². The van der Waals surface area contributed by atoms with Crippen molar-refractivity contribution in [3.05, 3.63) is 0 Å². The molecule has 0 amide bonds.